The van der Waals surface area contributed by atoms with Crippen LogP contribution in [0.2, 0.25) is 0 Å². The molecule has 4 heterocycles. The first-order chi connectivity index (χ1) is 22.8. The van der Waals surface area contributed by atoms with Crippen LogP contribution < -0.4 is 10.9 Å². The zero-order valence-corrected chi connectivity index (χ0v) is 26.0. The summed E-state index contributed by atoms with van der Waals surface area (Å²) in [6, 6.07) is 12.7. The van der Waals surface area contributed by atoms with Gasteiger partial charge in [0.05, 0.1) is 40.6 Å². The minimum Gasteiger partial charge on any atom is -0.480 e. The molecule has 2 N–H and O–H groups in total. The minimum atomic E-state index is -2.11. The van der Waals surface area contributed by atoms with Crippen molar-refractivity contribution < 1.29 is 29.3 Å². The van der Waals surface area contributed by atoms with Crippen molar-refractivity contribution in [1.29, 1.82) is 0 Å². The molecule has 2 aliphatic heterocycles. The number of nitro benzene ring substituents is 1. The number of carbonyl (C=O) groups excluding carboxylic acids is 2. The highest BCUT2D eigenvalue weighted by Gasteiger charge is 2.69. The van der Waals surface area contributed by atoms with Gasteiger partial charge in [-0.2, -0.15) is 0 Å². The van der Waals surface area contributed by atoms with E-state index >= 15 is 0 Å². The third-order valence-electron chi connectivity index (χ3n) is 9.44. The van der Waals surface area contributed by atoms with Crippen LogP contribution in [-0.4, -0.2) is 68.6 Å². The summed E-state index contributed by atoms with van der Waals surface area (Å²) in [5, 5.41) is 36.7. The molecule has 4 aromatic rings. The molecule has 0 spiro atoms. The topological polar surface area (TPSA) is 218 Å². The molecule has 2 amide bonds. The van der Waals surface area contributed by atoms with Crippen LogP contribution in [0.5, 0.6) is 0 Å². The second-order valence-corrected chi connectivity index (χ2v) is 11.9. The third kappa shape index (κ3) is 4.86. The van der Waals surface area contributed by atoms with E-state index in [4.69, 9.17) is 0 Å². The summed E-state index contributed by atoms with van der Waals surface area (Å²) < 4.78 is 4.21. The average molecular weight is 659 g/mol. The van der Waals surface area contributed by atoms with Crippen molar-refractivity contribution in [1.82, 2.24) is 29.1 Å². The number of para-hydroxylation sites is 1. The highest BCUT2D eigenvalue weighted by Crippen LogP contribution is 2.50. The zero-order valence-electron chi connectivity index (χ0n) is 26.0. The van der Waals surface area contributed by atoms with Crippen molar-refractivity contribution in [2.45, 2.75) is 38.4 Å². The Morgan fingerprint density at radius 3 is 2.25 bits per heavy atom. The molecular formula is C31H30N8O9. The van der Waals surface area contributed by atoms with Gasteiger partial charge in [0, 0.05) is 38.2 Å². The van der Waals surface area contributed by atoms with Crippen LogP contribution in [0.1, 0.15) is 28.7 Å². The van der Waals surface area contributed by atoms with E-state index in [1.165, 1.54) is 40.4 Å². The summed E-state index contributed by atoms with van der Waals surface area (Å²) in [4.78, 5) is 82.3. The SMILES string of the molecule is Cc1ncc([N+](=O)[O-])n1CCN1C(=O)C2C(c3c(C)n(C)n(-c4ccccc4)c3=O)NC(Cc3ccc([N+](=O)[O-])cc3)(C(=O)O)C2C1=O. The first kappa shape index (κ1) is 32.0. The fraction of sp³-hybridized carbons (Fsp3) is 0.323. The number of carbonyl (C=O) groups is 3. The first-order valence-electron chi connectivity index (χ1n) is 14.9. The molecule has 0 radical (unpaired) electrons. The molecule has 6 rings (SSSR count). The van der Waals surface area contributed by atoms with Crippen molar-refractivity contribution in [3.8, 4) is 5.69 Å². The average Bonchev–Trinajstić information content (AvgIpc) is 3.73. The summed E-state index contributed by atoms with van der Waals surface area (Å²) in [6.07, 6.45) is 0.711. The number of nitrogens with one attached hydrogen (secondary N) is 1. The van der Waals surface area contributed by atoms with Crippen molar-refractivity contribution in [2.24, 2.45) is 18.9 Å². The Balaban J connectivity index is 1.47. The zero-order chi connectivity index (χ0) is 34.7. The number of nitrogens with zero attached hydrogens (tertiary/aromatic N) is 7. The number of aliphatic carboxylic acids is 1. The minimum absolute atomic E-state index is 0.104. The lowest BCUT2D eigenvalue weighted by Gasteiger charge is -2.31. The van der Waals surface area contributed by atoms with Gasteiger partial charge in [0.25, 0.3) is 11.2 Å². The number of carboxylic acid groups (broad SMARTS) is 1. The number of hydrogen-bond acceptors (Lipinski definition) is 10. The number of rotatable bonds is 10. The van der Waals surface area contributed by atoms with Gasteiger partial charge >= 0.3 is 11.8 Å². The van der Waals surface area contributed by atoms with Gasteiger partial charge in [-0.15, -0.1) is 0 Å². The van der Waals surface area contributed by atoms with E-state index in [-0.39, 0.29) is 42.4 Å². The lowest BCUT2D eigenvalue weighted by molar-refractivity contribution is -0.392. The van der Waals surface area contributed by atoms with Gasteiger partial charge in [-0.05, 0) is 29.5 Å². The summed E-state index contributed by atoms with van der Waals surface area (Å²) in [7, 11) is 1.65. The second-order valence-electron chi connectivity index (χ2n) is 11.9. The van der Waals surface area contributed by atoms with Crippen molar-refractivity contribution in [3.05, 3.63) is 114 Å². The van der Waals surface area contributed by atoms with Crippen LogP contribution in [0, 0.1) is 45.9 Å². The molecule has 2 aromatic heterocycles. The molecule has 48 heavy (non-hydrogen) atoms. The molecule has 248 valence electrons. The van der Waals surface area contributed by atoms with Gasteiger partial charge < -0.3 is 15.2 Å². The third-order valence-corrected chi connectivity index (χ3v) is 9.44. The first-order valence-corrected chi connectivity index (χ1v) is 14.9. The van der Waals surface area contributed by atoms with Crippen LogP contribution in [0.25, 0.3) is 5.69 Å². The fourth-order valence-corrected chi connectivity index (χ4v) is 7.05. The number of aromatic nitrogens is 4. The largest absolute Gasteiger partial charge is 0.480 e. The Labute approximate surface area is 271 Å². The predicted molar refractivity (Wildman–Crippen MR) is 166 cm³/mol. The Hall–Kier alpha value is -5.97. The number of fused-ring (bicyclic) bond motifs is 1. The Morgan fingerprint density at radius 2 is 1.65 bits per heavy atom. The maximum Gasteiger partial charge on any atom is 0.342 e. The normalized spacial score (nSPS) is 21.9. The molecule has 2 aliphatic rings. The van der Waals surface area contributed by atoms with E-state index in [2.05, 4.69) is 10.3 Å². The van der Waals surface area contributed by atoms with Gasteiger partial charge in [-0.3, -0.25) is 44.2 Å². The predicted octanol–water partition coefficient (Wildman–Crippen LogP) is 1.82. The van der Waals surface area contributed by atoms with E-state index in [0.717, 1.165) is 11.1 Å². The highest BCUT2D eigenvalue weighted by atomic mass is 16.6. The van der Waals surface area contributed by atoms with Crippen LogP contribution in [0.4, 0.5) is 11.5 Å². The second kappa shape index (κ2) is 11.7. The molecule has 2 saturated heterocycles. The maximum atomic E-state index is 14.2. The van der Waals surface area contributed by atoms with E-state index in [0.29, 0.717) is 16.9 Å². The quantitative estimate of drug-likeness (QED) is 0.142. The number of carboxylic acids is 1. The molecule has 17 nitrogen and oxygen atoms in total. The molecule has 17 heteroatoms. The van der Waals surface area contributed by atoms with Gasteiger partial charge in [-0.25, -0.2) is 14.2 Å². The number of imidazole rings is 1. The van der Waals surface area contributed by atoms with Crippen molar-refractivity contribution in [2.75, 3.05) is 6.54 Å². The Bertz CT molecular complexity index is 2050. The highest BCUT2D eigenvalue weighted by molar-refractivity contribution is 6.09. The number of benzene rings is 2. The molecule has 0 aliphatic carbocycles. The van der Waals surface area contributed by atoms with Gasteiger partial charge in [0.2, 0.25) is 11.8 Å². The fourth-order valence-electron chi connectivity index (χ4n) is 7.05. The summed E-state index contributed by atoms with van der Waals surface area (Å²) >= 11 is 0. The molecule has 0 bridgehead atoms. The molecular weight excluding hydrogens is 628 g/mol. The molecule has 2 aromatic carbocycles. The van der Waals surface area contributed by atoms with Crippen LogP contribution >= 0.6 is 0 Å². The number of likely N-dealkylation sites (tertiary alicyclic amines) is 1. The number of hydrogen-bond donors (Lipinski definition) is 2. The van der Waals surface area contributed by atoms with E-state index in [1.807, 2.05) is 0 Å². The summed E-state index contributed by atoms with van der Waals surface area (Å²) in [6.45, 7) is 2.70. The maximum absolute atomic E-state index is 14.2. The molecule has 4 unspecified atom stereocenters. The van der Waals surface area contributed by atoms with Gasteiger partial charge in [0.15, 0.2) is 5.82 Å². The standard InChI is InChI=1S/C31H30N8O9/c1-17-23(28(41)37(34(17)3)20-7-5-4-6-8-20)26-24-25(31(33-26,30(43)44)15-19-9-11-21(12-10-19)38(45)46)29(42)36(27(24)40)14-13-35-18(2)32-16-22(35)39(47)48/h4-12,16,24-26,33H,13-15H2,1-3H3,(H,43,44). The monoisotopic (exact) mass is 658 g/mol. The van der Waals surface area contributed by atoms with Crippen LogP contribution in [0.15, 0.2) is 65.6 Å². The van der Waals surface area contributed by atoms with E-state index in [9.17, 15) is 44.5 Å². The molecule has 0 saturated carbocycles. The Morgan fingerprint density at radius 1 is 0.979 bits per heavy atom. The number of non-ortho nitro benzene ring substituents is 1. The Kier molecular flexibility index (Phi) is 7.78. The molecule has 2 fully saturated rings. The lowest BCUT2D eigenvalue weighted by Crippen LogP contribution is -2.57. The van der Waals surface area contributed by atoms with Crippen molar-refractivity contribution in [3.63, 3.8) is 0 Å². The van der Waals surface area contributed by atoms with Gasteiger partial charge in [-0.1, -0.05) is 30.3 Å². The summed E-state index contributed by atoms with van der Waals surface area (Å²) in [5.74, 6) is -5.90. The van der Waals surface area contributed by atoms with E-state index in [1.54, 1.807) is 49.0 Å². The number of imide groups is 1. The number of amides is 2. The lowest BCUT2D eigenvalue weighted by atomic mass is 9.76. The molecule has 4 atom stereocenters. The smallest absolute Gasteiger partial charge is 0.342 e. The van der Waals surface area contributed by atoms with E-state index < -0.39 is 56.6 Å². The van der Waals surface area contributed by atoms with Crippen molar-refractivity contribution >= 4 is 29.3 Å². The number of nitro groups is 2. The van der Waals surface area contributed by atoms with Crippen LogP contribution in [-0.2, 0) is 34.4 Å². The number of aryl methyl sites for hydroxylation is 1. The van der Waals surface area contributed by atoms with Gasteiger partial charge in [0.1, 0.15) is 18.3 Å². The summed E-state index contributed by atoms with van der Waals surface area (Å²) in [5.41, 5.74) is -1.45. The van der Waals surface area contributed by atoms with Crippen LogP contribution in [0.3, 0.4) is 0 Å².